The van der Waals surface area contributed by atoms with E-state index < -0.39 is 39.2 Å². The van der Waals surface area contributed by atoms with Gasteiger partial charge in [0.1, 0.15) is 5.75 Å². The van der Waals surface area contributed by atoms with E-state index in [1.54, 1.807) is 0 Å². The molecule has 0 aromatic heterocycles. The average molecular weight is 645 g/mol. The van der Waals surface area contributed by atoms with Crippen LogP contribution < -0.4 is 14.8 Å². The van der Waals surface area contributed by atoms with Crippen molar-refractivity contribution in [2.24, 2.45) is 52.3 Å². The van der Waals surface area contributed by atoms with Crippen molar-refractivity contribution in [2.45, 2.75) is 103 Å². The Balaban J connectivity index is 1.24. The van der Waals surface area contributed by atoms with Crippen molar-refractivity contribution >= 4 is 16.1 Å². The quantitative estimate of drug-likeness (QED) is 0.296. The summed E-state index contributed by atoms with van der Waals surface area (Å²) >= 11 is 0. The van der Waals surface area contributed by atoms with Gasteiger partial charge in [0.25, 0.3) is 10.0 Å². The van der Waals surface area contributed by atoms with Gasteiger partial charge in [0.2, 0.25) is 0 Å². The highest BCUT2D eigenvalue weighted by atomic mass is 32.2. The van der Waals surface area contributed by atoms with E-state index in [-0.39, 0.29) is 47.2 Å². The number of aliphatic hydroxyl groups excluding tert-OH is 2. The van der Waals surface area contributed by atoms with Crippen LogP contribution in [0.25, 0.3) is 0 Å². The van der Waals surface area contributed by atoms with Crippen LogP contribution in [-0.2, 0) is 10.0 Å². The smallest absolute Gasteiger partial charge is 0.406 e. The number of aliphatic hydroxyl groups is 2. The summed E-state index contributed by atoms with van der Waals surface area (Å²) in [7, 11) is -4.43. The van der Waals surface area contributed by atoms with Gasteiger partial charge < -0.3 is 20.3 Å². The second-order valence-corrected chi connectivity index (χ2v) is 16.1. The summed E-state index contributed by atoms with van der Waals surface area (Å²) in [5, 5.41) is 25.1. The van der Waals surface area contributed by atoms with Gasteiger partial charge in [-0.05, 0) is 109 Å². The molecule has 0 unspecified atom stereocenters. The molecule has 0 spiro atoms. The Morgan fingerprint density at radius 3 is 2.43 bits per heavy atom. The van der Waals surface area contributed by atoms with Crippen molar-refractivity contribution in [3.8, 4) is 5.75 Å². The van der Waals surface area contributed by atoms with Crippen molar-refractivity contribution in [1.82, 2.24) is 10.0 Å². The molecule has 4 aliphatic rings. The molecule has 1 aromatic rings. The summed E-state index contributed by atoms with van der Waals surface area (Å²) in [4.78, 5) is 12.1. The first-order chi connectivity index (χ1) is 20.5. The second kappa shape index (κ2) is 12.0. The van der Waals surface area contributed by atoms with Gasteiger partial charge in [0.05, 0.1) is 17.1 Å². The van der Waals surface area contributed by atoms with E-state index in [4.69, 9.17) is 0 Å². The van der Waals surface area contributed by atoms with Gasteiger partial charge in [-0.2, -0.15) is 0 Å². The highest BCUT2D eigenvalue weighted by molar-refractivity contribution is 7.90. The molecule has 12 heteroatoms. The number of carbonyl (C=O) groups excluding carboxylic acids is 1. The molecule has 8 nitrogen and oxygen atoms in total. The summed E-state index contributed by atoms with van der Waals surface area (Å²) in [5.41, 5.74) is 0.0821. The van der Waals surface area contributed by atoms with Crippen LogP contribution >= 0.6 is 0 Å². The zero-order valence-electron chi connectivity index (χ0n) is 25.9. The monoisotopic (exact) mass is 644 g/mol. The van der Waals surface area contributed by atoms with E-state index in [9.17, 15) is 36.6 Å². The summed E-state index contributed by atoms with van der Waals surface area (Å²) in [6.07, 6.45) is 1.82. The number of carbonyl (C=O) groups is 1. The molecule has 1 aromatic carbocycles. The first kappa shape index (κ1) is 33.3. The van der Waals surface area contributed by atoms with Gasteiger partial charge >= 0.3 is 12.4 Å². The number of benzene rings is 1. The Labute approximate surface area is 258 Å². The van der Waals surface area contributed by atoms with Gasteiger partial charge in [-0.25, -0.2) is 17.9 Å². The van der Waals surface area contributed by atoms with Crippen molar-refractivity contribution in [2.75, 3.05) is 6.54 Å². The van der Waals surface area contributed by atoms with Crippen molar-refractivity contribution in [3.05, 3.63) is 24.3 Å². The lowest BCUT2D eigenvalue weighted by Crippen LogP contribution is -2.62. The standard InChI is InChI=1S/C32H47F3N2O6S/c1-5-22-26-15-19(38)11-13-31(26,4)25-12-14-30(3)23(9-10-24(30)27(25)28(22)39)18(2)17-36-29(40)37-44(41,42)21-8-6-7-20(16-21)43-32(33,34)35/h6-8,16,18-19,22-28,38-39H,5,9-15,17H2,1-4H3,(H2,36,37,40)/t18-,19-,22-,23-,24+,25+,26+,27+,28-,30-,31-/m1/s1. The van der Waals surface area contributed by atoms with E-state index in [1.165, 1.54) is 0 Å². The lowest BCUT2D eigenvalue weighted by Gasteiger charge is -2.64. The molecule has 5 rings (SSSR count). The third-order valence-electron chi connectivity index (χ3n) is 12.3. The zero-order chi connectivity index (χ0) is 32.2. The van der Waals surface area contributed by atoms with Gasteiger partial charge in [0, 0.05) is 12.6 Å². The molecule has 248 valence electrons. The molecule has 44 heavy (non-hydrogen) atoms. The molecule has 0 aliphatic heterocycles. The van der Waals surface area contributed by atoms with Crippen molar-refractivity contribution in [3.63, 3.8) is 0 Å². The summed E-state index contributed by atoms with van der Waals surface area (Å²) in [6.45, 7) is 9.18. The molecule has 4 fully saturated rings. The lowest BCUT2D eigenvalue weighted by molar-refractivity contribution is -0.274. The number of halogens is 3. The first-order valence-electron chi connectivity index (χ1n) is 16.0. The Kier molecular flexibility index (Phi) is 9.05. The minimum absolute atomic E-state index is 0.0274. The number of fused-ring (bicyclic) bond motifs is 5. The molecule has 0 bridgehead atoms. The number of hydrogen-bond acceptors (Lipinski definition) is 6. The number of hydrogen-bond donors (Lipinski definition) is 4. The largest absolute Gasteiger partial charge is 0.573 e. The van der Waals surface area contributed by atoms with Crippen molar-refractivity contribution in [1.29, 1.82) is 0 Å². The molecule has 2 amide bonds. The van der Waals surface area contributed by atoms with E-state index in [1.807, 2.05) is 4.72 Å². The van der Waals surface area contributed by atoms with E-state index in [0.717, 1.165) is 69.6 Å². The van der Waals surface area contributed by atoms with Gasteiger partial charge in [-0.1, -0.05) is 40.2 Å². The average Bonchev–Trinajstić information content (AvgIpc) is 3.29. The molecule has 4 aliphatic carbocycles. The highest BCUT2D eigenvalue weighted by Gasteiger charge is 2.64. The number of rotatable bonds is 7. The van der Waals surface area contributed by atoms with Gasteiger partial charge in [-0.3, -0.25) is 0 Å². The molecule has 0 saturated heterocycles. The van der Waals surface area contributed by atoms with Crippen LogP contribution in [-0.4, -0.2) is 49.8 Å². The summed E-state index contributed by atoms with van der Waals surface area (Å²) in [5.74, 6) is 1.07. The van der Waals surface area contributed by atoms with Crippen LogP contribution in [0.2, 0.25) is 0 Å². The number of ether oxygens (including phenoxy) is 1. The number of urea groups is 1. The maximum atomic E-state index is 12.7. The number of amides is 2. The predicted octanol–water partition coefficient (Wildman–Crippen LogP) is 5.84. The molecular weight excluding hydrogens is 597 g/mol. The maximum absolute atomic E-state index is 12.7. The third-order valence-corrected chi connectivity index (χ3v) is 13.6. The van der Waals surface area contributed by atoms with E-state index >= 15 is 0 Å². The van der Waals surface area contributed by atoms with Crippen molar-refractivity contribution < 1.29 is 41.3 Å². The molecule has 11 atom stereocenters. The Morgan fingerprint density at radius 2 is 1.75 bits per heavy atom. The van der Waals surface area contributed by atoms with Crippen LogP contribution in [0.15, 0.2) is 29.2 Å². The highest BCUT2D eigenvalue weighted by Crippen LogP contribution is 2.69. The van der Waals surface area contributed by atoms with Crippen LogP contribution in [0.5, 0.6) is 5.75 Å². The maximum Gasteiger partial charge on any atom is 0.573 e. The Morgan fingerprint density at radius 1 is 1.07 bits per heavy atom. The molecule has 4 saturated carbocycles. The predicted molar refractivity (Wildman–Crippen MR) is 158 cm³/mol. The normalized spacial score (nSPS) is 39.4. The fourth-order valence-electron chi connectivity index (χ4n) is 10.4. The fraction of sp³-hybridized carbons (Fsp3) is 0.781. The second-order valence-electron chi connectivity index (χ2n) is 14.4. The Hall–Kier alpha value is -2.05. The number of nitrogens with one attached hydrogen (secondary N) is 2. The topological polar surface area (TPSA) is 125 Å². The third kappa shape index (κ3) is 6.07. The summed E-state index contributed by atoms with van der Waals surface area (Å²) < 4.78 is 68.8. The van der Waals surface area contributed by atoms with Gasteiger partial charge in [0.15, 0.2) is 0 Å². The van der Waals surface area contributed by atoms with Crippen LogP contribution in [0.4, 0.5) is 18.0 Å². The number of alkyl halides is 3. The van der Waals surface area contributed by atoms with E-state index in [0.29, 0.717) is 23.8 Å². The number of sulfonamides is 1. The van der Waals surface area contributed by atoms with Crippen LogP contribution in [0.1, 0.15) is 79.1 Å². The van der Waals surface area contributed by atoms with Crippen LogP contribution in [0, 0.1) is 52.3 Å². The minimum atomic E-state index is -4.98. The fourth-order valence-corrected chi connectivity index (χ4v) is 11.3. The van der Waals surface area contributed by atoms with Gasteiger partial charge in [-0.15, -0.1) is 13.2 Å². The van der Waals surface area contributed by atoms with E-state index in [2.05, 4.69) is 37.7 Å². The summed E-state index contributed by atoms with van der Waals surface area (Å²) in [6, 6.07) is 2.92. The zero-order valence-corrected chi connectivity index (χ0v) is 26.8. The lowest BCUT2D eigenvalue weighted by atomic mass is 9.41. The molecular formula is C32H47F3N2O6S. The first-order valence-corrected chi connectivity index (χ1v) is 17.5. The molecule has 0 heterocycles. The molecule has 0 radical (unpaired) electrons. The SMILES string of the molecule is CC[C@H]1[C@@H](O)[C@@H]2[C@H](CC[C@]3(C)[C@@H]([C@H](C)CNC(=O)NS(=O)(=O)c4cccc(OC(F)(F)F)c4)CC[C@@H]23)[C@@]2(C)CC[C@@H](O)C[C@@H]12. The molecule has 4 N–H and O–H groups in total. The Bertz CT molecular complexity index is 1330. The van der Waals surface area contributed by atoms with Crippen LogP contribution in [0.3, 0.4) is 0 Å². The minimum Gasteiger partial charge on any atom is -0.406 e.